The Bertz CT molecular complexity index is 460. The van der Waals surface area contributed by atoms with Gasteiger partial charge in [-0.2, -0.15) is 0 Å². The normalized spacial score (nSPS) is 23.7. The third-order valence-corrected chi connectivity index (χ3v) is 4.59. The number of nitrogens with one attached hydrogen (secondary N) is 1. The molecule has 4 heteroatoms. The van der Waals surface area contributed by atoms with Gasteiger partial charge in [-0.05, 0) is 50.3 Å². The number of rotatable bonds is 4. The van der Waals surface area contributed by atoms with Crippen LogP contribution in [0, 0.1) is 17.6 Å². The molecule has 1 aromatic carbocycles. The van der Waals surface area contributed by atoms with E-state index >= 15 is 0 Å². The molecule has 0 aromatic heterocycles. The molecule has 1 saturated heterocycles. The van der Waals surface area contributed by atoms with Crippen LogP contribution >= 0.6 is 0 Å². The molecule has 2 aliphatic rings. The lowest BCUT2D eigenvalue weighted by Crippen LogP contribution is -2.47. The minimum atomic E-state index is -0.369. The van der Waals surface area contributed by atoms with Crippen molar-refractivity contribution in [3.05, 3.63) is 29.8 Å². The van der Waals surface area contributed by atoms with Gasteiger partial charge in [0.1, 0.15) is 11.6 Å². The van der Waals surface area contributed by atoms with Crippen molar-refractivity contribution < 1.29 is 8.78 Å². The third kappa shape index (κ3) is 3.11. The molecule has 1 N–H and O–H groups in total. The van der Waals surface area contributed by atoms with Gasteiger partial charge in [-0.15, -0.1) is 0 Å². The standard InChI is InChI=1S/C16H22F2N2/c17-13-6-7-15(18)16(9-13)20-8-2-5-14(11-20)19-10-12-3-1-4-12/h6-7,9,12,14,19H,1-5,8,10-11H2. The van der Waals surface area contributed by atoms with Gasteiger partial charge in [0.25, 0.3) is 0 Å². The molecule has 1 heterocycles. The van der Waals surface area contributed by atoms with Gasteiger partial charge in [-0.1, -0.05) is 6.42 Å². The fourth-order valence-electron chi connectivity index (χ4n) is 3.12. The van der Waals surface area contributed by atoms with Crippen LogP contribution in [0.5, 0.6) is 0 Å². The molecule has 2 nitrogen and oxygen atoms in total. The van der Waals surface area contributed by atoms with Crippen LogP contribution in [0.2, 0.25) is 0 Å². The van der Waals surface area contributed by atoms with E-state index in [9.17, 15) is 8.78 Å². The quantitative estimate of drug-likeness (QED) is 0.910. The summed E-state index contributed by atoms with van der Waals surface area (Å²) in [5.41, 5.74) is 0.403. The van der Waals surface area contributed by atoms with E-state index in [0.29, 0.717) is 11.7 Å². The number of hydrogen-bond acceptors (Lipinski definition) is 2. The Morgan fingerprint density at radius 2 is 2.00 bits per heavy atom. The van der Waals surface area contributed by atoms with E-state index in [1.807, 2.05) is 4.90 Å². The molecule has 1 aliphatic carbocycles. The molecular formula is C16H22F2N2. The highest BCUT2D eigenvalue weighted by Gasteiger charge is 2.24. The molecule has 1 saturated carbocycles. The average molecular weight is 280 g/mol. The van der Waals surface area contributed by atoms with Crippen LogP contribution in [0.15, 0.2) is 18.2 Å². The van der Waals surface area contributed by atoms with Gasteiger partial charge in [-0.3, -0.25) is 0 Å². The average Bonchev–Trinajstić information content (AvgIpc) is 2.40. The Hall–Kier alpha value is -1.16. The highest BCUT2D eigenvalue weighted by Crippen LogP contribution is 2.27. The predicted molar refractivity (Wildman–Crippen MR) is 76.9 cm³/mol. The van der Waals surface area contributed by atoms with Crippen molar-refractivity contribution >= 4 is 5.69 Å². The minimum Gasteiger partial charge on any atom is -0.368 e. The number of nitrogens with zero attached hydrogens (tertiary/aromatic N) is 1. The molecule has 1 unspecified atom stereocenters. The molecule has 0 spiro atoms. The van der Waals surface area contributed by atoms with Crippen molar-refractivity contribution in [2.45, 2.75) is 38.1 Å². The first-order chi connectivity index (χ1) is 9.72. The van der Waals surface area contributed by atoms with E-state index in [2.05, 4.69) is 5.32 Å². The Balaban J connectivity index is 1.60. The molecule has 2 fully saturated rings. The summed E-state index contributed by atoms with van der Waals surface area (Å²) in [5.74, 6) is 0.133. The Labute approximate surface area is 119 Å². The van der Waals surface area contributed by atoms with Crippen LogP contribution in [0.1, 0.15) is 32.1 Å². The summed E-state index contributed by atoms with van der Waals surface area (Å²) in [5, 5.41) is 3.60. The summed E-state index contributed by atoms with van der Waals surface area (Å²) in [6.07, 6.45) is 6.18. The summed E-state index contributed by atoms with van der Waals surface area (Å²) < 4.78 is 27.1. The molecule has 3 rings (SSSR count). The largest absolute Gasteiger partial charge is 0.368 e. The van der Waals surface area contributed by atoms with Crippen molar-refractivity contribution in [2.75, 3.05) is 24.5 Å². The lowest BCUT2D eigenvalue weighted by atomic mass is 9.85. The maximum absolute atomic E-state index is 13.8. The van der Waals surface area contributed by atoms with E-state index in [-0.39, 0.29) is 11.6 Å². The van der Waals surface area contributed by atoms with Gasteiger partial charge in [-0.25, -0.2) is 8.78 Å². The highest BCUT2D eigenvalue weighted by molar-refractivity contribution is 5.48. The molecule has 1 aromatic rings. The van der Waals surface area contributed by atoms with E-state index in [1.54, 1.807) is 0 Å². The fourth-order valence-corrected chi connectivity index (χ4v) is 3.12. The fraction of sp³-hybridized carbons (Fsp3) is 0.625. The Morgan fingerprint density at radius 1 is 1.15 bits per heavy atom. The maximum atomic E-state index is 13.8. The number of halogens is 2. The second kappa shape index (κ2) is 6.08. The van der Waals surface area contributed by atoms with Crippen LogP contribution < -0.4 is 10.2 Å². The molecule has 0 bridgehead atoms. The summed E-state index contributed by atoms with van der Waals surface area (Å²) >= 11 is 0. The van der Waals surface area contributed by atoms with Gasteiger partial charge in [0.2, 0.25) is 0 Å². The molecule has 0 radical (unpaired) electrons. The zero-order chi connectivity index (χ0) is 13.9. The van der Waals surface area contributed by atoms with Crippen molar-refractivity contribution in [1.82, 2.24) is 5.32 Å². The number of hydrogen-bond donors (Lipinski definition) is 1. The van der Waals surface area contributed by atoms with Gasteiger partial charge >= 0.3 is 0 Å². The van der Waals surface area contributed by atoms with Crippen LogP contribution in [0.3, 0.4) is 0 Å². The smallest absolute Gasteiger partial charge is 0.146 e. The van der Waals surface area contributed by atoms with Gasteiger partial charge < -0.3 is 10.2 Å². The maximum Gasteiger partial charge on any atom is 0.146 e. The second-order valence-corrected chi connectivity index (χ2v) is 6.09. The Kier molecular flexibility index (Phi) is 4.20. The van der Waals surface area contributed by atoms with Crippen LogP contribution in [-0.2, 0) is 0 Å². The lowest BCUT2D eigenvalue weighted by Gasteiger charge is -2.36. The van der Waals surface area contributed by atoms with E-state index < -0.39 is 0 Å². The number of anilines is 1. The van der Waals surface area contributed by atoms with Crippen molar-refractivity contribution in [2.24, 2.45) is 5.92 Å². The van der Waals surface area contributed by atoms with Crippen molar-refractivity contribution in [1.29, 1.82) is 0 Å². The molecule has 1 atom stereocenters. The summed E-state index contributed by atoms with van der Waals surface area (Å²) in [6, 6.07) is 4.10. The van der Waals surface area contributed by atoms with Crippen LogP contribution in [0.25, 0.3) is 0 Å². The first-order valence-corrected chi connectivity index (χ1v) is 7.66. The van der Waals surface area contributed by atoms with Crippen molar-refractivity contribution in [3.63, 3.8) is 0 Å². The highest BCUT2D eigenvalue weighted by atomic mass is 19.1. The molecular weight excluding hydrogens is 258 g/mol. The molecule has 20 heavy (non-hydrogen) atoms. The van der Waals surface area contributed by atoms with E-state index in [4.69, 9.17) is 0 Å². The summed E-state index contributed by atoms with van der Waals surface area (Å²) in [7, 11) is 0. The van der Waals surface area contributed by atoms with Gasteiger partial charge in [0, 0.05) is 25.2 Å². The molecule has 110 valence electrons. The zero-order valence-corrected chi connectivity index (χ0v) is 11.7. The van der Waals surface area contributed by atoms with Crippen molar-refractivity contribution in [3.8, 4) is 0 Å². The monoisotopic (exact) mass is 280 g/mol. The topological polar surface area (TPSA) is 15.3 Å². The molecule has 1 aliphatic heterocycles. The van der Waals surface area contributed by atoms with Crippen LogP contribution in [-0.4, -0.2) is 25.7 Å². The first kappa shape index (κ1) is 13.8. The summed E-state index contributed by atoms with van der Waals surface area (Å²) in [6.45, 7) is 2.65. The molecule has 0 amide bonds. The SMILES string of the molecule is Fc1ccc(F)c(N2CCCC(NCC3CCC3)C2)c1. The first-order valence-electron chi connectivity index (χ1n) is 7.66. The number of piperidine rings is 1. The Morgan fingerprint density at radius 3 is 2.75 bits per heavy atom. The predicted octanol–water partition coefficient (Wildman–Crippen LogP) is 3.32. The second-order valence-electron chi connectivity index (χ2n) is 6.09. The van der Waals surface area contributed by atoms with E-state index in [0.717, 1.165) is 38.4 Å². The minimum absolute atomic E-state index is 0.328. The lowest BCUT2D eigenvalue weighted by molar-refractivity contribution is 0.280. The van der Waals surface area contributed by atoms with Gasteiger partial charge in [0.05, 0.1) is 5.69 Å². The summed E-state index contributed by atoms with van der Waals surface area (Å²) in [4.78, 5) is 1.97. The zero-order valence-electron chi connectivity index (χ0n) is 11.7. The van der Waals surface area contributed by atoms with Crippen LogP contribution in [0.4, 0.5) is 14.5 Å². The van der Waals surface area contributed by atoms with Gasteiger partial charge in [0.15, 0.2) is 0 Å². The third-order valence-electron chi connectivity index (χ3n) is 4.59. The number of benzene rings is 1. The van der Waals surface area contributed by atoms with E-state index in [1.165, 1.54) is 37.5 Å².